The fraction of sp³-hybridized carbons (Fsp3) is 0.706. The third-order valence-corrected chi connectivity index (χ3v) is 6.75. The maximum atomic E-state index is 11.8. The van der Waals surface area contributed by atoms with Gasteiger partial charge < -0.3 is 15.5 Å². The molecule has 0 spiro atoms. The van der Waals surface area contributed by atoms with E-state index in [2.05, 4.69) is 15.0 Å². The number of carbonyl (C=O) groups is 1. The number of amidine groups is 1. The van der Waals surface area contributed by atoms with E-state index in [1.807, 2.05) is 6.92 Å². The number of hydrogen-bond donors (Lipinski definition) is 2. The quantitative estimate of drug-likeness (QED) is 0.341. The van der Waals surface area contributed by atoms with Gasteiger partial charge >= 0.3 is 5.97 Å². The van der Waals surface area contributed by atoms with Crippen LogP contribution in [0.2, 0.25) is 0 Å². The molecule has 5 rings (SSSR count). The van der Waals surface area contributed by atoms with E-state index in [1.54, 1.807) is 6.92 Å². The van der Waals surface area contributed by atoms with Gasteiger partial charge in [0.1, 0.15) is 5.84 Å². The van der Waals surface area contributed by atoms with Crippen molar-refractivity contribution >= 4 is 23.6 Å². The summed E-state index contributed by atoms with van der Waals surface area (Å²) >= 11 is 1.47. The normalized spacial score (nSPS) is 33.1. The summed E-state index contributed by atoms with van der Waals surface area (Å²) in [7, 11) is 0. The van der Waals surface area contributed by atoms with Crippen LogP contribution in [0, 0.1) is 36.5 Å². The van der Waals surface area contributed by atoms with Gasteiger partial charge in [0.25, 0.3) is 0 Å². The first-order chi connectivity index (χ1) is 11.6. The number of H-pyrrole nitrogens is 1. The molecule has 1 aromatic rings. The average molecular weight is 348 g/mol. The Balaban J connectivity index is 1.29. The van der Waals surface area contributed by atoms with Crippen LogP contribution in [-0.4, -0.2) is 40.7 Å². The summed E-state index contributed by atoms with van der Waals surface area (Å²) < 4.78 is 4.99. The first-order valence-corrected chi connectivity index (χ1v) is 9.72. The van der Waals surface area contributed by atoms with E-state index in [0.717, 1.165) is 41.8 Å². The molecular weight excluding hydrogens is 324 g/mol. The number of thioether (sulfide) groups is 1. The molecule has 4 saturated carbocycles. The van der Waals surface area contributed by atoms with Gasteiger partial charge in [-0.05, 0) is 56.3 Å². The molecule has 6 nitrogen and oxygen atoms in total. The zero-order chi connectivity index (χ0) is 16.8. The molecule has 24 heavy (non-hydrogen) atoms. The maximum Gasteiger partial charge on any atom is 0.358 e. The molecule has 0 amide bonds. The molecule has 7 heteroatoms. The molecule has 4 fully saturated rings. The number of nitrogens with zero attached hydrogens (tertiary/aromatic N) is 2. The van der Waals surface area contributed by atoms with Crippen molar-refractivity contribution in [2.24, 2.45) is 40.3 Å². The number of aryl methyl sites for hydroxylation is 1. The lowest BCUT2D eigenvalue weighted by atomic mass is 9.99. The molecule has 4 bridgehead atoms. The van der Waals surface area contributed by atoms with Crippen LogP contribution in [-0.2, 0) is 4.74 Å². The van der Waals surface area contributed by atoms with Crippen molar-refractivity contribution < 1.29 is 9.53 Å². The van der Waals surface area contributed by atoms with Crippen LogP contribution in [0.3, 0.4) is 0 Å². The molecule has 130 valence electrons. The first-order valence-electron chi connectivity index (χ1n) is 8.73. The number of nitrogens with two attached hydrogens (primary N) is 1. The molecule has 3 N–H and O–H groups in total. The molecule has 0 saturated heterocycles. The minimum Gasteiger partial charge on any atom is -0.461 e. The molecule has 1 aromatic heterocycles. The topological polar surface area (TPSA) is 93.4 Å². The Hall–Kier alpha value is -1.50. The molecule has 0 radical (unpaired) electrons. The molecule has 1 heterocycles. The molecule has 3 unspecified atom stereocenters. The number of hydrogen-bond acceptors (Lipinski definition) is 5. The van der Waals surface area contributed by atoms with E-state index in [1.165, 1.54) is 24.6 Å². The van der Waals surface area contributed by atoms with Crippen LogP contribution >= 0.6 is 11.8 Å². The van der Waals surface area contributed by atoms with Gasteiger partial charge in [-0.2, -0.15) is 0 Å². The fourth-order valence-corrected chi connectivity index (χ4v) is 5.57. The van der Waals surface area contributed by atoms with Crippen molar-refractivity contribution in [2.75, 3.05) is 18.9 Å². The Morgan fingerprint density at radius 3 is 2.83 bits per heavy atom. The highest BCUT2D eigenvalue weighted by molar-refractivity contribution is 7.99. The first kappa shape index (κ1) is 16.0. The van der Waals surface area contributed by atoms with Crippen molar-refractivity contribution in [2.45, 2.75) is 31.8 Å². The van der Waals surface area contributed by atoms with Crippen molar-refractivity contribution in [3.63, 3.8) is 0 Å². The fourth-order valence-electron chi connectivity index (χ4n) is 4.81. The van der Waals surface area contributed by atoms with Gasteiger partial charge in [-0.3, -0.25) is 4.99 Å². The zero-order valence-corrected chi connectivity index (χ0v) is 14.9. The Morgan fingerprint density at radius 2 is 2.21 bits per heavy atom. The van der Waals surface area contributed by atoms with Gasteiger partial charge in [-0.1, -0.05) is 11.8 Å². The lowest BCUT2D eigenvalue weighted by Crippen LogP contribution is -2.18. The number of esters is 1. The van der Waals surface area contributed by atoms with E-state index in [-0.39, 0.29) is 5.97 Å². The van der Waals surface area contributed by atoms with E-state index in [9.17, 15) is 4.79 Å². The highest BCUT2D eigenvalue weighted by Gasteiger charge is 2.67. The van der Waals surface area contributed by atoms with Crippen LogP contribution in [0.15, 0.2) is 10.1 Å². The van der Waals surface area contributed by atoms with Gasteiger partial charge in [0.2, 0.25) is 0 Å². The second-order valence-electron chi connectivity index (χ2n) is 7.16. The number of rotatable bonds is 7. The Morgan fingerprint density at radius 1 is 1.46 bits per heavy atom. The monoisotopic (exact) mass is 348 g/mol. The van der Waals surface area contributed by atoms with Crippen LogP contribution in [0.5, 0.6) is 0 Å². The SMILES string of the molecule is CCOC(=O)c1nc(SCC(N)=NCC2C3CC4C(C3)C24)[nH]c1C. The van der Waals surface area contributed by atoms with Gasteiger partial charge in [-0.25, -0.2) is 9.78 Å². The van der Waals surface area contributed by atoms with Crippen LogP contribution in [0.1, 0.15) is 35.9 Å². The number of carbonyl (C=O) groups excluding carboxylic acids is 1. The van der Waals surface area contributed by atoms with E-state index in [4.69, 9.17) is 10.5 Å². The third kappa shape index (κ3) is 2.72. The Labute approximate surface area is 146 Å². The van der Waals surface area contributed by atoms with Gasteiger partial charge in [0.15, 0.2) is 10.9 Å². The van der Waals surface area contributed by atoms with Gasteiger partial charge in [0.05, 0.1) is 12.4 Å². The van der Waals surface area contributed by atoms with Crippen LogP contribution in [0.25, 0.3) is 0 Å². The summed E-state index contributed by atoms with van der Waals surface area (Å²) in [6.45, 7) is 4.84. The highest BCUT2D eigenvalue weighted by atomic mass is 32.2. The molecular formula is C17H24N4O2S. The van der Waals surface area contributed by atoms with Crippen molar-refractivity contribution in [3.05, 3.63) is 11.4 Å². The summed E-state index contributed by atoms with van der Waals surface area (Å²) in [5.74, 6) is 5.56. The molecule has 4 aliphatic carbocycles. The third-order valence-electron chi connectivity index (χ3n) is 5.84. The summed E-state index contributed by atoms with van der Waals surface area (Å²) in [5.41, 5.74) is 7.13. The largest absolute Gasteiger partial charge is 0.461 e. The molecule has 4 aliphatic rings. The standard InChI is InChI=1S/C17H24N4O2S/c1-3-23-16(22)15-8(2)20-17(21-15)24-7-13(18)19-6-12-9-4-10-11(5-9)14(10)12/h9-12,14H,3-7H2,1-2H3,(H2,18,19)(H,20,21). The summed E-state index contributed by atoms with van der Waals surface area (Å²) in [5, 5.41) is 0.680. The number of nitrogens with one attached hydrogen (secondary N) is 1. The zero-order valence-electron chi connectivity index (χ0n) is 14.1. The van der Waals surface area contributed by atoms with E-state index >= 15 is 0 Å². The predicted octanol–water partition coefficient (Wildman–Crippen LogP) is 2.25. The average Bonchev–Trinajstić information content (AvgIpc) is 3.03. The summed E-state index contributed by atoms with van der Waals surface area (Å²) in [6, 6.07) is 0. The van der Waals surface area contributed by atoms with E-state index in [0.29, 0.717) is 29.0 Å². The minimum absolute atomic E-state index is 0.345. The Bertz CT molecular complexity index is 672. The number of aromatic amines is 1. The Kier molecular flexibility index (Phi) is 4.06. The number of aromatic nitrogens is 2. The van der Waals surface area contributed by atoms with Crippen molar-refractivity contribution in [1.82, 2.24) is 9.97 Å². The number of imidazole rings is 1. The molecule has 0 aliphatic heterocycles. The lowest BCUT2D eigenvalue weighted by molar-refractivity contribution is 0.0519. The molecule has 3 atom stereocenters. The second kappa shape index (κ2) is 6.10. The number of aliphatic imine (C=N–C) groups is 1. The smallest absolute Gasteiger partial charge is 0.358 e. The molecule has 0 aromatic carbocycles. The van der Waals surface area contributed by atoms with Crippen LogP contribution in [0.4, 0.5) is 0 Å². The van der Waals surface area contributed by atoms with Gasteiger partial charge in [-0.15, -0.1) is 0 Å². The van der Waals surface area contributed by atoms with Crippen molar-refractivity contribution in [1.29, 1.82) is 0 Å². The maximum absolute atomic E-state index is 11.8. The second-order valence-corrected chi connectivity index (χ2v) is 8.12. The lowest BCUT2D eigenvalue weighted by Gasteiger charge is -2.11. The highest BCUT2D eigenvalue weighted by Crippen LogP contribution is 2.73. The van der Waals surface area contributed by atoms with E-state index < -0.39 is 0 Å². The summed E-state index contributed by atoms with van der Waals surface area (Å²) in [6.07, 6.45) is 2.87. The minimum atomic E-state index is -0.390. The van der Waals surface area contributed by atoms with Crippen molar-refractivity contribution in [3.8, 4) is 0 Å². The summed E-state index contributed by atoms with van der Waals surface area (Å²) in [4.78, 5) is 23.8. The van der Waals surface area contributed by atoms with Gasteiger partial charge in [0, 0.05) is 12.2 Å². The predicted molar refractivity (Wildman–Crippen MR) is 93.2 cm³/mol. The van der Waals surface area contributed by atoms with Crippen LogP contribution < -0.4 is 5.73 Å². The number of ether oxygens (including phenoxy) is 1.